The molecule has 0 aromatic carbocycles. The van der Waals surface area contributed by atoms with Crippen LogP contribution in [0.15, 0.2) is 0 Å². The molecule has 0 radical (unpaired) electrons. The van der Waals surface area contributed by atoms with Crippen LogP contribution in [-0.4, -0.2) is 50.9 Å². The van der Waals surface area contributed by atoms with Gasteiger partial charge in [0.25, 0.3) is 0 Å². The van der Waals surface area contributed by atoms with E-state index in [4.69, 9.17) is 0 Å². The zero-order valence-electron chi connectivity index (χ0n) is 9.13. The minimum absolute atomic E-state index is 0.477. The van der Waals surface area contributed by atoms with Crippen LogP contribution >= 0.6 is 0 Å². The summed E-state index contributed by atoms with van der Waals surface area (Å²) in [7, 11) is -4.16. The van der Waals surface area contributed by atoms with Crippen LogP contribution < -0.4 is 5.32 Å². The number of β-lactam (4-membered cyclic amide) rings is 1. The van der Waals surface area contributed by atoms with Crippen LogP contribution in [0.4, 0.5) is 0 Å². The molecule has 2 fully saturated rings. The molecule has 0 saturated carbocycles. The molecule has 17 heavy (non-hydrogen) atoms. The number of nitrogens with one attached hydrogen (secondary N) is 1. The molecule has 2 saturated heterocycles. The maximum atomic E-state index is 12.0. The Hall–Kier alpha value is -0.520. The molecule has 0 aromatic heterocycles. The van der Waals surface area contributed by atoms with Crippen LogP contribution in [0.1, 0.15) is 13.8 Å². The van der Waals surface area contributed by atoms with Crippen molar-refractivity contribution >= 4 is 37.7 Å². The molecule has 0 spiro atoms. The number of hydrogen-bond donors (Lipinski definition) is 1. The molecule has 2 rings (SSSR count). The molecule has 0 aliphatic carbocycles. The monoisotopic (exact) mass is 379 g/mol. The first kappa shape index (κ1) is 12.9. The molecule has 7 nitrogen and oxygen atoms in total. The van der Waals surface area contributed by atoms with E-state index < -0.39 is 58.2 Å². The number of hydrogen-bond acceptors (Lipinski definition) is 6. The zero-order chi connectivity index (χ0) is 13.2. The fourth-order valence-electron chi connectivity index (χ4n) is 2.39. The van der Waals surface area contributed by atoms with Crippen molar-refractivity contribution in [3.63, 3.8) is 0 Å². The Balaban J connectivity index is 2.82. The van der Waals surface area contributed by atoms with E-state index in [1.54, 1.807) is 0 Å². The second-order valence-corrected chi connectivity index (χ2v) is 13.3. The number of rotatable bonds is 2. The molecule has 2 aliphatic rings. The van der Waals surface area contributed by atoms with Crippen molar-refractivity contribution < 1.29 is 24.2 Å². The van der Waals surface area contributed by atoms with Gasteiger partial charge in [-0.1, -0.05) is 0 Å². The third-order valence-electron chi connectivity index (χ3n) is 3.39. The van der Waals surface area contributed by atoms with E-state index in [1.165, 1.54) is 13.8 Å². The van der Waals surface area contributed by atoms with Gasteiger partial charge in [-0.15, -0.1) is 0 Å². The molecule has 1 unspecified atom stereocenters. The van der Waals surface area contributed by atoms with Crippen LogP contribution in [0, 0.1) is 5.92 Å². The van der Waals surface area contributed by atoms with Gasteiger partial charge in [0.15, 0.2) is 0 Å². The van der Waals surface area contributed by atoms with Crippen LogP contribution in [0.3, 0.4) is 0 Å². The Morgan fingerprint density at radius 2 is 1.88 bits per heavy atom. The summed E-state index contributed by atoms with van der Waals surface area (Å²) in [5.74, 6) is -2.52. The predicted molar refractivity (Wildman–Crippen MR) is 55.4 cm³/mol. The SMILES string of the molecule is CCS(=O)(=O)[C@]12C(=O)N[C@H]1C(C)C(=O)[Te]2(=O)=O. The van der Waals surface area contributed by atoms with E-state index in [-0.39, 0.29) is 0 Å². The topological polar surface area (TPSA) is 114 Å². The average molecular weight is 377 g/mol. The Morgan fingerprint density at radius 1 is 1.35 bits per heavy atom. The van der Waals surface area contributed by atoms with Gasteiger partial charge in [0.2, 0.25) is 0 Å². The van der Waals surface area contributed by atoms with Crippen molar-refractivity contribution in [3.05, 3.63) is 0 Å². The van der Waals surface area contributed by atoms with E-state index >= 15 is 0 Å². The summed E-state index contributed by atoms with van der Waals surface area (Å²) in [6, 6.07) is -1.11. The van der Waals surface area contributed by atoms with E-state index in [1.807, 2.05) is 0 Å². The maximum absolute atomic E-state index is 12.0. The molecule has 1 amide bonds. The fourth-order valence-corrected chi connectivity index (χ4v) is 13.8. The van der Waals surface area contributed by atoms with Crippen molar-refractivity contribution in [1.82, 2.24) is 5.32 Å². The van der Waals surface area contributed by atoms with Crippen molar-refractivity contribution in [1.29, 1.82) is 0 Å². The summed E-state index contributed by atoms with van der Waals surface area (Å²) in [5, 5.41) is 2.23. The van der Waals surface area contributed by atoms with E-state index in [0.717, 1.165) is 0 Å². The van der Waals surface area contributed by atoms with Gasteiger partial charge in [-0.2, -0.15) is 0 Å². The summed E-state index contributed by atoms with van der Waals surface area (Å²) in [6.45, 7) is 2.59. The first-order valence-corrected chi connectivity index (χ1v) is 10.8. The fraction of sp³-hybridized carbons (Fsp3) is 0.750. The van der Waals surface area contributed by atoms with Gasteiger partial charge in [-0.25, -0.2) is 0 Å². The third kappa shape index (κ3) is 1.10. The van der Waals surface area contributed by atoms with E-state index in [9.17, 15) is 24.2 Å². The molecule has 3 atom stereocenters. The Morgan fingerprint density at radius 3 is 2.24 bits per heavy atom. The summed E-state index contributed by atoms with van der Waals surface area (Å²) in [4.78, 5) is 23.2. The average Bonchev–Trinajstić information content (AvgIpc) is 2.33. The molecular weight excluding hydrogens is 366 g/mol. The molecule has 2 aliphatic heterocycles. The van der Waals surface area contributed by atoms with Gasteiger partial charge in [-0.3, -0.25) is 0 Å². The van der Waals surface area contributed by atoms with Crippen molar-refractivity contribution in [3.8, 4) is 0 Å². The van der Waals surface area contributed by atoms with E-state index in [2.05, 4.69) is 5.32 Å². The Labute approximate surface area is 101 Å². The molecular formula is C8H11NO6STe. The van der Waals surface area contributed by atoms with Gasteiger partial charge < -0.3 is 0 Å². The quantitative estimate of drug-likeness (QED) is 0.452. The van der Waals surface area contributed by atoms with Crippen molar-refractivity contribution in [2.45, 2.75) is 22.7 Å². The summed E-state index contributed by atoms with van der Waals surface area (Å²) >= 11 is -5.90. The normalized spacial score (nSPS) is 39.4. The van der Waals surface area contributed by atoms with E-state index in [0.29, 0.717) is 0 Å². The molecule has 2 heterocycles. The van der Waals surface area contributed by atoms with Gasteiger partial charge in [0.1, 0.15) is 0 Å². The number of sulfone groups is 1. The molecule has 0 bridgehead atoms. The van der Waals surface area contributed by atoms with Crippen LogP contribution in [0.2, 0.25) is 0 Å². The second-order valence-electron chi connectivity index (χ2n) is 4.13. The van der Waals surface area contributed by atoms with Crippen molar-refractivity contribution in [2.24, 2.45) is 5.92 Å². The van der Waals surface area contributed by atoms with Gasteiger partial charge >= 0.3 is 102 Å². The van der Waals surface area contributed by atoms with Crippen LogP contribution in [0.5, 0.6) is 0 Å². The van der Waals surface area contributed by atoms with Crippen molar-refractivity contribution in [2.75, 3.05) is 5.75 Å². The first-order chi connectivity index (χ1) is 7.64. The number of fused-ring (bicyclic) bond motifs is 1. The zero-order valence-corrected chi connectivity index (χ0v) is 12.3. The van der Waals surface area contributed by atoms with Crippen LogP contribution in [0.25, 0.3) is 0 Å². The predicted octanol–water partition coefficient (Wildman–Crippen LogP) is -1.74. The third-order valence-corrected chi connectivity index (χ3v) is 15.3. The summed E-state index contributed by atoms with van der Waals surface area (Å²) in [5.41, 5.74) is 0. The summed E-state index contributed by atoms with van der Waals surface area (Å²) < 4.78 is 44.4. The number of carbonyl (C=O) groups is 2. The molecule has 9 heteroatoms. The summed E-state index contributed by atoms with van der Waals surface area (Å²) in [6.07, 6.45) is 0. The first-order valence-electron chi connectivity index (χ1n) is 4.96. The minimum atomic E-state index is -5.90. The van der Waals surface area contributed by atoms with Gasteiger partial charge in [0.05, 0.1) is 0 Å². The Bertz CT molecular complexity index is 620. The number of carbonyl (C=O) groups excluding carboxylic acids is 2. The number of amides is 1. The van der Waals surface area contributed by atoms with Crippen LogP contribution in [-0.2, 0) is 25.6 Å². The Kier molecular flexibility index (Phi) is 2.49. The van der Waals surface area contributed by atoms with Gasteiger partial charge in [0, 0.05) is 0 Å². The molecule has 1 N–H and O–H groups in total. The molecule has 0 aromatic rings. The van der Waals surface area contributed by atoms with Gasteiger partial charge in [-0.05, 0) is 0 Å². The molecule has 96 valence electrons. The second kappa shape index (κ2) is 3.28. The standard InChI is InChI=1S/C8H11NO6STe/c1-3-16(12,13)8-5(9-7(8)11)4(2)6(10)17(8,14)15/h4-5H,3H2,1-2H3,(H,9,11)/t4?,5-,8+/m0/s1.